The zero-order valence-electron chi connectivity index (χ0n) is 18.8. The summed E-state index contributed by atoms with van der Waals surface area (Å²) in [5, 5.41) is 23.3. The highest BCUT2D eigenvalue weighted by Gasteiger charge is 2.31. The highest BCUT2D eigenvalue weighted by atomic mass is 32.2. The Labute approximate surface area is 187 Å². The van der Waals surface area contributed by atoms with E-state index < -0.39 is 21.5 Å². The van der Waals surface area contributed by atoms with Crippen molar-refractivity contribution in [3.63, 3.8) is 0 Å². The summed E-state index contributed by atoms with van der Waals surface area (Å²) in [6, 6.07) is 2.47. The van der Waals surface area contributed by atoms with E-state index in [4.69, 9.17) is 5.14 Å². The number of benzene rings is 1. The summed E-state index contributed by atoms with van der Waals surface area (Å²) in [5.74, 6) is -0.0102. The molecule has 0 unspecified atom stereocenters. The Morgan fingerprint density at radius 3 is 2.59 bits per heavy atom. The molecule has 10 heteroatoms. The maximum Gasteiger partial charge on any atom is 0.354 e. The number of fused-ring (bicyclic) bond motifs is 2. The summed E-state index contributed by atoms with van der Waals surface area (Å²) >= 11 is 0. The molecule has 32 heavy (non-hydrogen) atoms. The molecule has 0 fully saturated rings. The number of nitrogens with zero attached hydrogens (tertiary/aromatic N) is 3. The SMILES string of the molecule is CC(C)n1nc([S@](N)(=O)=NC(=O)Nc2c3c(cc4c2C(=O)CC4)CCC3)cc1C(C)(C)O. The van der Waals surface area contributed by atoms with Gasteiger partial charge in [0.2, 0.25) is 0 Å². The van der Waals surface area contributed by atoms with Gasteiger partial charge in [0.25, 0.3) is 0 Å². The number of anilines is 1. The number of nitrogens with two attached hydrogens (primary N) is 1. The van der Waals surface area contributed by atoms with Gasteiger partial charge in [-0.15, -0.1) is 4.36 Å². The van der Waals surface area contributed by atoms with E-state index in [1.165, 1.54) is 10.7 Å². The number of carbonyl (C=O) groups excluding carboxylic acids is 2. The summed E-state index contributed by atoms with van der Waals surface area (Å²) in [6.07, 6.45) is 3.68. The first-order chi connectivity index (χ1) is 14.9. The number of aryl methyl sites for hydroxylation is 2. The number of Topliss-reactive ketones (excluding diaryl/α,β-unsaturated/α-hetero) is 1. The second-order valence-corrected chi connectivity index (χ2v) is 11.0. The van der Waals surface area contributed by atoms with Gasteiger partial charge in [-0.1, -0.05) is 6.07 Å². The van der Waals surface area contributed by atoms with Crippen LogP contribution in [0.4, 0.5) is 10.5 Å². The smallest absolute Gasteiger partial charge is 0.354 e. The minimum Gasteiger partial charge on any atom is -0.384 e. The Hall–Kier alpha value is -2.56. The molecule has 9 nitrogen and oxygen atoms in total. The van der Waals surface area contributed by atoms with Crippen LogP contribution in [0, 0.1) is 0 Å². The number of aromatic nitrogens is 2. The lowest BCUT2D eigenvalue weighted by molar-refractivity contribution is 0.0669. The third kappa shape index (κ3) is 3.98. The number of aliphatic hydroxyl groups is 1. The summed E-state index contributed by atoms with van der Waals surface area (Å²) in [6.45, 7) is 6.90. The van der Waals surface area contributed by atoms with Crippen molar-refractivity contribution < 1.29 is 18.9 Å². The highest BCUT2D eigenvalue weighted by molar-refractivity contribution is 7.91. The fourth-order valence-corrected chi connectivity index (χ4v) is 5.37. The maximum absolute atomic E-state index is 13.2. The number of hydrogen-bond acceptors (Lipinski definition) is 5. The summed E-state index contributed by atoms with van der Waals surface area (Å²) in [5.41, 5.74) is 3.19. The maximum atomic E-state index is 13.2. The van der Waals surface area contributed by atoms with E-state index in [1.807, 2.05) is 13.8 Å². The first-order valence-electron chi connectivity index (χ1n) is 10.8. The predicted octanol–water partition coefficient (Wildman–Crippen LogP) is 3.24. The third-order valence-electron chi connectivity index (χ3n) is 5.96. The Kier molecular flexibility index (Phi) is 5.51. The Morgan fingerprint density at radius 2 is 1.97 bits per heavy atom. The molecule has 0 radical (unpaired) electrons. The van der Waals surface area contributed by atoms with Crippen LogP contribution in [0.15, 0.2) is 21.5 Å². The highest BCUT2D eigenvalue weighted by Crippen LogP contribution is 2.38. The van der Waals surface area contributed by atoms with Crippen LogP contribution < -0.4 is 10.5 Å². The van der Waals surface area contributed by atoms with Crippen molar-refractivity contribution in [1.82, 2.24) is 9.78 Å². The van der Waals surface area contributed by atoms with Gasteiger partial charge in [-0.2, -0.15) is 5.10 Å². The number of carbonyl (C=O) groups is 2. The van der Waals surface area contributed by atoms with E-state index in [9.17, 15) is 18.9 Å². The van der Waals surface area contributed by atoms with Crippen LogP contribution in [0.5, 0.6) is 0 Å². The Morgan fingerprint density at radius 1 is 1.25 bits per heavy atom. The molecule has 4 rings (SSSR count). The average Bonchev–Trinajstić information content (AvgIpc) is 3.38. The molecule has 0 aliphatic heterocycles. The lowest BCUT2D eigenvalue weighted by Gasteiger charge is -2.20. The lowest BCUT2D eigenvalue weighted by Crippen LogP contribution is -2.22. The monoisotopic (exact) mass is 459 g/mol. The average molecular weight is 460 g/mol. The van der Waals surface area contributed by atoms with Crippen molar-refractivity contribution in [2.75, 3.05) is 5.32 Å². The molecule has 0 spiro atoms. The van der Waals surface area contributed by atoms with Crippen molar-refractivity contribution in [1.29, 1.82) is 0 Å². The molecular weight excluding hydrogens is 430 g/mol. The van der Waals surface area contributed by atoms with Crippen LogP contribution in [0.25, 0.3) is 0 Å². The number of urea groups is 1. The molecule has 1 aromatic carbocycles. The van der Waals surface area contributed by atoms with E-state index in [1.54, 1.807) is 13.8 Å². The van der Waals surface area contributed by atoms with Crippen LogP contribution in [0.2, 0.25) is 0 Å². The minimum absolute atomic E-state index is 0.0102. The van der Waals surface area contributed by atoms with Crippen LogP contribution >= 0.6 is 0 Å². The second kappa shape index (κ2) is 7.79. The molecule has 2 aromatic rings. The number of rotatable bonds is 4. The van der Waals surface area contributed by atoms with Crippen molar-refractivity contribution in [2.24, 2.45) is 9.50 Å². The van der Waals surface area contributed by atoms with Crippen molar-refractivity contribution in [3.8, 4) is 0 Å². The molecule has 0 saturated heterocycles. The molecule has 4 N–H and O–H groups in total. The first kappa shape index (κ1) is 22.6. The van der Waals surface area contributed by atoms with Gasteiger partial charge in [-0.05, 0) is 70.1 Å². The van der Waals surface area contributed by atoms with Crippen LogP contribution in [-0.4, -0.2) is 30.9 Å². The van der Waals surface area contributed by atoms with Crippen molar-refractivity contribution in [3.05, 3.63) is 40.1 Å². The normalized spacial score (nSPS) is 17.3. The van der Waals surface area contributed by atoms with Gasteiger partial charge in [-0.3, -0.25) is 9.48 Å². The summed E-state index contributed by atoms with van der Waals surface area (Å²) < 4.78 is 18.4. The van der Waals surface area contributed by atoms with E-state index in [-0.39, 0.29) is 16.9 Å². The van der Waals surface area contributed by atoms with Gasteiger partial charge in [-0.25, -0.2) is 14.1 Å². The standard InChI is InChI=1S/C22H29N5O4S/c1-12(2)27-17(22(3,4)30)11-18(25-27)32(23,31)26-21(29)24-20-15-7-5-6-13(15)10-14-8-9-16(28)19(14)20/h10-12,30H,5-9H2,1-4H3,(H3,23,24,26,29,31)/t32-/m1/s1. The zero-order valence-corrected chi connectivity index (χ0v) is 19.6. The van der Waals surface area contributed by atoms with Crippen molar-refractivity contribution in [2.45, 2.75) is 76.5 Å². The topological polar surface area (TPSA) is 140 Å². The van der Waals surface area contributed by atoms with E-state index >= 15 is 0 Å². The number of nitrogens with one attached hydrogen (secondary N) is 1. The molecule has 1 atom stereocenters. The minimum atomic E-state index is -3.68. The van der Waals surface area contributed by atoms with Gasteiger partial charge < -0.3 is 10.4 Å². The quantitative estimate of drug-likeness (QED) is 0.644. The summed E-state index contributed by atoms with van der Waals surface area (Å²) in [4.78, 5) is 25.3. The van der Waals surface area contributed by atoms with Crippen molar-refractivity contribution >= 4 is 27.4 Å². The number of amides is 2. The molecule has 1 aromatic heterocycles. The van der Waals surface area contributed by atoms with Gasteiger partial charge in [0.05, 0.1) is 11.4 Å². The predicted molar refractivity (Wildman–Crippen MR) is 121 cm³/mol. The lowest BCUT2D eigenvalue weighted by atomic mass is 9.98. The molecule has 2 amide bonds. The summed E-state index contributed by atoms with van der Waals surface area (Å²) in [7, 11) is -3.68. The van der Waals surface area contributed by atoms with Crippen LogP contribution in [0.1, 0.15) is 79.3 Å². The number of ketones is 1. The molecule has 2 aliphatic carbocycles. The Balaban J connectivity index is 1.72. The number of hydrogen-bond donors (Lipinski definition) is 3. The first-order valence-corrected chi connectivity index (χ1v) is 12.4. The molecular formula is C22H29N5O4S. The van der Waals surface area contributed by atoms with E-state index in [0.29, 0.717) is 29.8 Å². The molecule has 172 valence electrons. The van der Waals surface area contributed by atoms with Crippen LogP contribution in [0.3, 0.4) is 0 Å². The fourth-order valence-electron chi connectivity index (χ4n) is 4.50. The third-order valence-corrected chi connectivity index (χ3v) is 7.20. The van der Waals surface area contributed by atoms with Crippen LogP contribution in [-0.2, 0) is 34.8 Å². The van der Waals surface area contributed by atoms with E-state index in [2.05, 4.69) is 20.8 Å². The van der Waals surface area contributed by atoms with Gasteiger partial charge >= 0.3 is 6.03 Å². The molecule has 2 aliphatic rings. The molecule has 0 bridgehead atoms. The van der Waals surface area contributed by atoms with E-state index in [0.717, 1.165) is 36.0 Å². The van der Waals surface area contributed by atoms with Gasteiger partial charge in [0, 0.05) is 24.1 Å². The largest absolute Gasteiger partial charge is 0.384 e. The zero-order chi connectivity index (χ0) is 23.4. The van der Waals surface area contributed by atoms with Gasteiger partial charge in [0.1, 0.15) is 5.60 Å². The molecule has 1 heterocycles. The van der Waals surface area contributed by atoms with Gasteiger partial charge in [0.15, 0.2) is 20.7 Å². The Bertz CT molecular complexity index is 1250. The second-order valence-electron chi connectivity index (χ2n) is 9.26. The molecule has 0 saturated carbocycles. The fraction of sp³-hybridized carbons (Fsp3) is 0.500.